The average Bonchev–Trinajstić information content (AvgIpc) is 2.83. The van der Waals surface area contributed by atoms with E-state index in [0.717, 1.165) is 32.1 Å². The van der Waals surface area contributed by atoms with Gasteiger partial charge in [0.1, 0.15) is 11.6 Å². The normalized spacial score (nSPS) is 20.4. The van der Waals surface area contributed by atoms with Crippen molar-refractivity contribution in [2.75, 3.05) is 0 Å². The summed E-state index contributed by atoms with van der Waals surface area (Å²) in [6.45, 7) is 5.17. The van der Waals surface area contributed by atoms with Crippen molar-refractivity contribution in [2.45, 2.75) is 77.4 Å². The molecule has 1 N–H and O–H groups in total. The molecule has 2 rings (SSSR count). The molecule has 25 heavy (non-hydrogen) atoms. The molecule has 1 saturated carbocycles. The molecule has 1 aliphatic carbocycles. The molecule has 0 bridgehead atoms. The number of alkyl carbamates (subject to hydrolysis) is 1. The van der Waals surface area contributed by atoms with Gasteiger partial charge in [-0.2, -0.15) is 0 Å². The first-order valence-corrected chi connectivity index (χ1v) is 8.74. The van der Waals surface area contributed by atoms with E-state index in [1.807, 2.05) is 0 Å². The average molecular weight is 354 g/mol. The van der Waals surface area contributed by atoms with Gasteiger partial charge in [0, 0.05) is 12.8 Å². The summed E-state index contributed by atoms with van der Waals surface area (Å²) in [5.41, 5.74) is -0.702. The van der Waals surface area contributed by atoms with E-state index in [-0.39, 0.29) is 18.8 Å². The van der Waals surface area contributed by atoms with Gasteiger partial charge in [-0.1, -0.05) is 19.3 Å². The van der Waals surface area contributed by atoms with Gasteiger partial charge in [-0.3, -0.25) is 9.59 Å². The largest absolute Gasteiger partial charge is 0.444 e. The first-order valence-electron chi connectivity index (χ1n) is 8.74. The van der Waals surface area contributed by atoms with Crippen LogP contribution in [0.3, 0.4) is 0 Å². The number of nitrogens with one attached hydrogen (secondary N) is 1. The van der Waals surface area contributed by atoms with Gasteiger partial charge in [-0.25, -0.2) is 9.59 Å². The minimum atomic E-state index is -0.948. The third kappa shape index (κ3) is 5.44. The number of rotatable bonds is 4. The number of ether oxygens (including phenoxy) is 1. The lowest BCUT2D eigenvalue weighted by Gasteiger charge is -2.30. The van der Waals surface area contributed by atoms with Crippen LogP contribution in [0.5, 0.6) is 0 Å². The third-order valence-electron chi connectivity index (χ3n) is 4.23. The van der Waals surface area contributed by atoms with Gasteiger partial charge < -0.3 is 14.9 Å². The summed E-state index contributed by atoms with van der Waals surface area (Å²) in [5.74, 6) is -2.00. The van der Waals surface area contributed by atoms with E-state index < -0.39 is 35.5 Å². The zero-order valence-electron chi connectivity index (χ0n) is 15.0. The Balaban J connectivity index is 2.07. The number of hydroxylamine groups is 2. The molecular weight excluding hydrogens is 328 g/mol. The summed E-state index contributed by atoms with van der Waals surface area (Å²) in [6, 6.07) is -0.948. The molecule has 1 aliphatic heterocycles. The maximum atomic E-state index is 12.6. The van der Waals surface area contributed by atoms with Crippen LogP contribution in [0, 0.1) is 5.92 Å². The van der Waals surface area contributed by atoms with Crippen molar-refractivity contribution in [3.8, 4) is 0 Å². The Hall–Kier alpha value is -2.12. The van der Waals surface area contributed by atoms with Crippen LogP contribution in [-0.4, -0.2) is 40.6 Å². The third-order valence-corrected chi connectivity index (χ3v) is 4.23. The molecule has 3 amide bonds. The molecule has 2 aliphatic rings. The molecule has 1 atom stereocenters. The van der Waals surface area contributed by atoms with Crippen molar-refractivity contribution in [1.29, 1.82) is 0 Å². The first kappa shape index (κ1) is 19.2. The lowest BCUT2D eigenvalue weighted by molar-refractivity contribution is -0.200. The predicted octanol–water partition coefficient (Wildman–Crippen LogP) is 2.07. The molecule has 0 radical (unpaired) electrons. The van der Waals surface area contributed by atoms with Gasteiger partial charge in [0.05, 0.1) is 0 Å². The van der Waals surface area contributed by atoms with Crippen LogP contribution in [0.2, 0.25) is 0 Å². The summed E-state index contributed by atoms with van der Waals surface area (Å²) < 4.78 is 5.22. The van der Waals surface area contributed by atoms with Crippen LogP contribution in [0.4, 0.5) is 4.79 Å². The Bertz CT molecular complexity index is 532. The second kappa shape index (κ2) is 7.84. The van der Waals surface area contributed by atoms with Crippen molar-refractivity contribution >= 4 is 23.9 Å². The van der Waals surface area contributed by atoms with Gasteiger partial charge in [-0.05, 0) is 39.5 Å². The lowest BCUT2D eigenvalue weighted by atomic mass is 9.84. The predicted molar refractivity (Wildman–Crippen MR) is 86.9 cm³/mol. The van der Waals surface area contributed by atoms with Crippen LogP contribution >= 0.6 is 0 Å². The highest BCUT2D eigenvalue weighted by atomic mass is 16.7. The fraction of sp³-hybridized carbons (Fsp3) is 0.765. The molecule has 0 unspecified atom stereocenters. The van der Waals surface area contributed by atoms with Crippen LogP contribution < -0.4 is 5.32 Å². The maximum absolute atomic E-state index is 12.6. The van der Waals surface area contributed by atoms with E-state index in [1.54, 1.807) is 20.8 Å². The second-order valence-electron chi connectivity index (χ2n) is 7.51. The SMILES string of the molecule is CC(C)(C)OC(=O)N[C@H](C(=O)ON1C(=O)CCC1=O)C1CCCCC1. The Morgan fingerprint density at radius 1 is 1.08 bits per heavy atom. The summed E-state index contributed by atoms with van der Waals surface area (Å²) in [4.78, 5) is 52.9. The molecule has 0 aromatic rings. The maximum Gasteiger partial charge on any atom is 0.408 e. The molecule has 8 nitrogen and oxygen atoms in total. The fourth-order valence-corrected chi connectivity index (χ4v) is 3.08. The van der Waals surface area contributed by atoms with Crippen LogP contribution in [0.1, 0.15) is 65.7 Å². The zero-order valence-corrected chi connectivity index (χ0v) is 15.0. The van der Waals surface area contributed by atoms with Gasteiger partial charge in [0.25, 0.3) is 11.8 Å². The molecule has 0 spiro atoms. The topological polar surface area (TPSA) is 102 Å². The molecule has 0 aromatic carbocycles. The number of carbonyl (C=O) groups is 4. The number of hydrogen-bond acceptors (Lipinski definition) is 6. The van der Waals surface area contributed by atoms with E-state index in [4.69, 9.17) is 9.57 Å². The van der Waals surface area contributed by atoms with Crippen molar-refractivity contribution < 1.29 is 28.8 Å². The molecule has 8 heteroatoms. The van der Waals surface area contributed by atoms with Gasteiger partial charge in [0.15, 0.2) is 0 Å². The Kier molecular flexibility index (Phi) is 6.02. The number of imide groups is 1. The molecular formula is C17H26N2O6. The Labute approximate surface area is 147 Å². The molecule has 140 valence electrons. The number of nitrogens with zero attached hydrogens (tertiary/aromatic N) is 1. The van der Waals surface area contributed by atoms with Crippen molar-refractivity contribution in [2.24, 2.45) is 5.92 Å². The second-order valence-corrected chi connectivity index (χ2v) is 7.51. The summed E-state index contributed by atoms with van der Waals surface area (Å²) in [5, 5.41) is 3.07. The van der Waals surface area contributed by atoms with Crippen molar-refractivity contribution in [3.05, 3.63) is 0 Å². The number of hydrogen-bond donors (Lipinski definition) is 1. The fourth-order valence-electron chi connectivity index (χ4n) is 3.08. The van der Waals surface area contributed by atoms with Gasteiger partial charge in [-0.15, -0.1) is 5.06 Å². The van der Waals surface area contributed by atoms with Crippen molar-refractivity contribution in [3.63, 3.8) is 0 Å². The summed E-state index contributed by atoms with van der Waals surface area (Å²) >= 11 is 0. The molecule has 2 fully saturated rings. The number of carbonyl (C=O) groups excluding carboxylic acids is 4. The van der Waals surface area contributed by atoms with Crippen LogP contribution in [0.15, 0.2) is 0 Å². The Morgan fingerprint density at radius 3 is 2.16 bits per heavy atom. The Morgan fingerprint density at radius 2 is 1.64 bits per heavy atom. The minimum Gasteiger partial charge on any atom is -0.444 e. The minimum absolute atomic E-state index is 0.0275. The van der Waals surface area contributed by atoms with Crippen molar-refractivity contribution in [1.82, 2.24) is 10.4 Å². The van der Waals surface area contributed by atoms with Crippen LogP contribution in [0.25, 0.3) is 0 Å². The van der Waals surface area contributed by atoms with Crippen LogP contribution in [-0.2, 0) is 24.0 Å². The monoisotopic (exact) mass is 354 g/mol. The standard InChI is InChI=1S/C17H26N2O6/c1-17(2,3)24-16(23)18-14(11-7-5-4-6-8-11)15(22)25-19-12(20)9-10-13(19)21/h11,14H,4-10H2,1-3H3,(H,18,23)/t14-/m0/s1. The zero-order chi connectivity index (χ0) is 18.6. The molecule has 1 heterocycles. The van der Waals surface area contributed by atoms with E-state index in [0.29, 0.717) is 5.06 Å². The smallest absolute Gasteiger partial charge is 0.408 e. The van der Waals surface area contributed by atoms with Gasteiger partial charge in [0.2, 0.25) is 0 Å². The summed E-state index contributed by atoms with van der Waals surface area (Å²) in [7, 11) is 0. The van der Waals surface area contributed by atoms with E-state index >= 15 is 0 Å². The highest BCUT2D eigenvalue weighted by Crippen LogP contribution is 2.28. The van der Waals surface area contributed by atoms with E-state index in [2.05, 4.69) is 5.32 Å². The van der Waals surface area contributed by atoms with Gasteiger partial charge >= 0.3 is 12.1 Å². The highest BCUT2D eigenvalue weighted by Gasteiger charge is 2.39. The molecule has 1 saturated heterocycles. The lowest BCUT2D eigenvalue weighted by Crippen LogP contribution is -2.50. The summed E-state index contributed by atoms with van der Waals surface area (Å²) in [6.07, 6.45) is 3.83. The molecule has 0 aromatic heterocycles. The quantitative estimate of drug-likeness (QED) is 0.776. The van der Waals surface area contributed by atoms with E-state index in [1.165, 1.54) is 0 Å². The van der Waals surface area contributed by atoms with E-state index in [9.17, 15) is 19.2 Å². The first-order chi connectivity index (χ1) is 11.7. The highest BCUT2D eigenvalue weighted by molar-refractivity contribution is 6.01. The number of amides is 3.